The first-order valence-electron chi connectivity index (χ1n) is 13.1. The minimum Gasteiger partial charge on any atom is -0.354 e. The van der Waals surface area contributed by atoms with E-state index < -0.39 is 28.5 Å². The number of carbonyl (C=O) groups is 2. The van der Waals surface area contributed by atoms with Crippen LogP contribution in [0.2, 0.25) is 10.0 Å². The van der Waals surface area contributed by atoms with Crippen molar-refractivity contribution in [1.29, 1.82) is 0 Å². The lowest BCUT2D eigenvalue weighted by molar-refractivity contribution is -0.138. The molecule has 0 radical (unpaired) electrons. The lowest BCUT2D eigenvalue weighted by atomic mass is 10.1. The van der Waals surface area contributed by atoms with E-state index in [1.807, 2.05) is 51.1 Å². The molecule has 10 heteroatoms. The van der Waals surface area contributed by atoms with Gasteiger partial charge in [0, 0.05) is 13.1 Å². The van der Waals surface area contributed by atoms with Gasteiger partial charge in [-0.1, -0.05) is 91.1 Å². The van der Waals surface area contributed by atoms with Crippen molar-refractivity contribution >= 4 is 50.7 Å². The van der Waals surface area contributed by atoms with Gasteiger partial charge in [-0.05, 0) is 56.0 Å². The van der Waals surface area contributed by atoms with Gasteiger partial charge < -0.3 is 10.2 Å². The molecule has 0 bridgehead atoms. The van der Waals surface area contributed by atoms with Gasteiger partial charge in [0.1, 0.15) is 12.6 Å². The third kappa shape index (κ3) is 7.99. The monoisotopic (exact) mass is 603 g/mol. The average Bonchev–Trinajstić information content (AvgIpc) is 2.92. The van der Waals surface area contributed by atoms with Gasteiger partial charge >= 0.3 is 0 Å². The molecule has 0 heterocycles. The van der Waals surface area contributed by atoms with Crippen LogP contribution < -0.4 is 9.62 Å². The molecular weight excluding hydrogens is 569 g/mol. The largest absolute Gasteiger partial charge is 0.354 e. The van der Waals surface area contributed by atoms with Crippen LogP contribution in [0.1, 0.15) is 31.9 Å². The zero-order chi connectivity index (χ0) is 29.4. The number of rotatable bonds is 12. The van der Waals surface area contributed by atoms with Crippen LogP contribution in [0.15, 0.2) is 77.7 Å². The molecule has 1 N–H and O–H groups in total. The standard InChI is InChI=1S/C30H35Cl2N3O4S/c1-21(2)19-33-30(37)23(4)34(18-17-24-9-6-5-7-10-24)28(36)20-35(27-12-8-11-26(31)29(27)32)40(38,39)25-15-13-22(3)14-16-25/h5-16,21,23H,17-20H2,1-4H3,(H,33,37)/t23-/m1/s1. The van der Waals surface area contributed by atoms with Gasteiger partial charge in [0.25, 0.3) is 10.0 Å². The fourth-order valence-corrected chi connectivity index (χ4v) is 5.93. The first-order valence-corrected chi connectivity index (χ1v) is 15.3. The van der Waals surface area contributed by atoms with Crippen molar-refractivity contribution in [3.05, 3.63) is 94.0 Å². The number of hydrogen-bond acceptors (Lipinski definition) is 4. The Kier molecular flexibility index (Phi) is 11.0. The topological polar surface area (TPSA) is 86.8 Å². The van der Waals surface area contributed by atoms with Crippen molar-refractivity contribution < 1.29 is 18.0 Å². The van der Waals surface area contributed by atoms with Crippen LogP contribution in [0.3, 0.4) is 0 Å². The van der Waals surface area contributed by atoms with Crippen LogP contribution in [0.4, 0.5) is 5.69 Å². The van der Waals surface area contributed by atoms with Crippen LogP contribution >= 0.6 is 23.2 Å². The quantitative estimate of drug-likeness (QED) is 0.286. The van der Waals surface area contributed by atoms with E-state index in [2.05, 4.69) is 5.32 Å². The number of anilines is 1. The minimum absolute atomic E-state index is 0.000465. The molecule has 0 saturated carbocycles. The molecular formula is C30H35Cl2N3O4S. The number of hydrogen-bond donors (Lipinski definition) is 1. The van der Waals surface area contributed by atoms with E-state index in [-0.39, 0.29) is 39.0 Å². The number of halogens is 2. The summed E-state index contributed by atoms with van der Waals surface area (Å²) in [6.45, 7) is 7.53. The van der Waals surface area contributed by atoms with Gasteiger partial charge in [-0.25, -0.2) is 8.42 Å². The summed E-state index contributed by atoms with van der Waals surface area (Å²) in [5.74, 6) is -0.636. The Labute approximate surface area is 247 Å². The van der Waals surface area contributed by atoms with Crippen molar-refractivity contribution in [2.24, 2.45) is 5.92 Å². The number of amides is 2. The van der Waals surface area contributed by atoms with E-state index in [1.54, 1.807) is 31.2 Å². The lowest BCUT2D eigenvalue weighted by Crippen LogP contribution is -2.52. The van der Waals surface area contributed by atoms with Gasteiger partial charge in [-0.15, -0.1) is 0 Å². The molecule has 3 rings (SSSR count). The van der Waals surface area contributed by atoms with Crippen molar-refractivity contribution in [3.63, 3.8) is 0 Å². The Morgan fingerprint density at radius 1 is 0.900 bits per heavy atom. The van der Waals surface area contributed by atoms with Crippen molar-refractivity contribution in [1.82, 2.24) is 10.2 Å². The summed E-state index contributed by atoms with van der Waals surface area (Å²) in [7, 11) is -4.23. The van der Waals surface area contributed by atoms with E-state index in [4.69, 9.17) is 23.2 Å². The molecule has 0 aromatic heterocycles. The van der Waals surface area contributed by atoms with Gasteiger partial charge in [-0.3, -0.25) is 13.9 Å². The van der Waals surface area contributed by atoms with Crippen LogP contribution in [0.25, 0.3) is 0 Å². The van der Waals surface area contributed by atoms with Gasteiger partial charge in [0.2, 0.25) is 11.8 Å². The molecule has 3 aromatic carbocycles. The Morgan fingerprint density at radius 2 is 1.55 bits per heavy atom. The molecule has 7 nitrogen and oxygen atoms in total. The highest BCUT2D eigenvalue weighted by Crippen LogP contribution is 2.35. The molecule has 0 aliphatic carbocycles. The molecule has 0 aliphatic rings. The number of nitrogens with zero attached hydrogens (tertiary/aromatic N) is 2. The number of nitrogens with one attached hydrogen (secondary N) is 1. The van der Waals surface area contributed by atoms with Crippen molar-refractivity contribution in [2.45, 2.75) is 45.1 Å². The predicted octanol–water partition coefficient (Wildman–Crippen LogP) is 5.73. The molecule has 2 amide bonds. The predicted molar refractivity (Wildman–Crippen MR) is 161 cm³/mol. The number of aryl methyl sites for hydroxylation is 1. The summed E-state index contributed by atoms with van der Waals surface area (Å²) in [5, 5.41) is 3.03. The zero-order valence-corrected chi connectivity index (χ0v) is 25.4. The third-order valence-electron chi connectivity index (χ3n) is 6.42. The van der Waals surface area contributed by atoms with E-state index in [0.29, 0.717) is 13.0 Å². The molecule has 40 heavy (non-hydrogen) atoms. The molecule has 0 unspecified atom stereocenters. The molecule has 0 saturated heterocycles. The number of sulfonamides is 1. The fraction of sp³-hybridized carbons (Fsp3) is 0.333. The molecule has 1 atom stereocenters. The van der Waals surface area contributed by atoms with Gasteiger partial charge in [-0.2, -0.15) is 0 Å². The molecule has 3 aromatic rings. The number of benzene rings is 3. The number of carbonyl (C=O) groups excluding carboxylic acids is 2. The lowest BCUT2D eigenvalue weighted by Gasteiger charge is -2.32. The second-order valence-electron chi connectivity index (χ2n) is 10.0. The summed E-state index contributed by atoms with van der Waals surface area (Å²) in [6, 6.07) is 19.7. The first kappa shape index (κ1) is 31.5. The van der Waals surface area contributed by atoms with E-state index in [9.17, 15) is 18.0 Å². The van der Waals surface area contributed by atoms with Crippen LogP contribution in [0.5, 0.6) is 0 Å². The second kappa shape index (κ2) is 14.0. The summed E-state index contributed by atoms with van der Waals surface area (Å²) in [4.78, 5) is 28.4. The van der Waals surface area contributed by atoms with E-state index in [1.165, 1.54) is 23.1 Å². The van der Waals surface area contributed by atoms with Gasteiger partial charge in [0.15, 0.2) is 0 Å². The second-order valence-corrected chi connectivity index (χ2v) is 12.7. The fourth-order valence-electron chi connectivity index (χ4n) is 4.06. The van der Waals surface area contributed by atoms with Gasteiger partial charge in [0.05, 0.1) is 20.6 Å². The van der Waals surface area contributed by atoms with Crippen molar-refractivity contribution in [2.75, 3.05) is 23.9 Å². The normalized spacial score (nSPS) is 12.2. The van der Waals surface area contributed by atoms with Crippen molar-refractivity contribution in [3.8, 4) is 0 Å². The van der Waals surface area contributed by atoms with E-state index >= 15 is 0 Å². The maximum absolute atomic E-state index is 13.9. The van der Waals surface area contributed by atoms with Crippen LogP contribution in [-0.2, 0) is 26.0 Å². The highest BCUT2D eigenvalue weighted by Gasteiger charge is 2.33. The summed E-state index contributed by atoms with van der Waals surface area (Å²) in [6.07, 6.45) is 0.483. The Balaban J connectivity index is 2.00. The first-order chi connectivity index (χ1) is 18.9. The van der Waals surface area contributed by atoms with E-state index in [0.717, 1.165) is 15.4 Å². The summed E-state index contributed by atoms with van der Waals surface area (Å²) < 4.78 is 28.8. The zero-order valence-electron chi connectivity index (χ0n) is 23.1. The molecule has 214 valence electrons. The Hall–Kier alpha value is -3.07. The maximum atomic E-state index is 13.9. The summed E-state index contributed by atoms with van der Waals surface area (Å²) in [5.41, 5.74) is 1.94. The Morgan fingerprint density at radius 3 is 2.17 bits per heavy atom. The highest BCUT2D eigenvalue weighted by molar-refractivity contribution is 7.92. The smallest absolute Gasteiger partial charge is 0.264 e. The van der Waals surface area contributed by atoms with Crippen LogP contribution in [0, 0.1) is 12.8 Å². The van der Waals surface area contributed by atoms with Crippen LogP contribution in [-0.4, -0.2) is 50.8 Å². The SMILES string of the molecule is Cc1ccc(S(=O)(=O)N(CC(=O)N(CCc2ccccc2)[C@H](C)C(=O)NCC(C)C)c2cccc(Cl)c2Cl)cc1. The average molecular weight is 605 g/mol. The maximum Gasteiger partial charge on any atom is 0.264 e. The Bertz CT molecular complexity index is 1410. The minimum atomic E-state index is -4.23. The summed E-state index contributed by atoms with van der Waals surface area (Å²) >= 11 is 12.7. The third-order valence-corrected chi connectivity index (χ3v) is 9.01. The molecule has 0 fully saturated rings. The molecule has 0 spiro atoms. The highest BCUT2D eigenvalue weighted by atomic mass is 35.5. The molecule has 0 aliphatic heterocycles.